The monoisotopic (exact) mass is 292 g/mol. The van der Waals surface area contributed by atoms with Gasteiger partial charge in [0.05, 0.1) is 18.9 Å². The van der Waals surface area contributed by atoms with Crippen molar-refractivity contribution >= 4 is 17.7 Å². The Bertz CT molecular complexity index is 624. The molecule has 0 aliphatic rings. The molecule has 2 aromatic rings. The van der Waals surface area contributed by atoms with Crippen LogP contribution < -0.4 is 14.8 Å². The maximum absolute atomic E-state index is 10.8. The van der Waals surface area contributed by atoms with Gasteiger partial charge in [0.1, 0.15) is 17.8 Å². The molecule has 1 aromatic heterocycles. The van der Waals surface area contributed by atoms with Gasteiger partial charge in [-0.3, -0.25) is 0 Å². The van der Waals surface area contributed by atoms with Crippen molar-refractivity contribution in [1.29, 1.82) is 0 Å². The predicted molar refractivity (Wildman–Crippen MR) is 75.5 cm³/mol. The van der Waals surface area contributed by atoms with E-state index in [-0.39, 0.29) is 11.7 Å². The Labute approximate surface area is 121 Å². The smallest absolute Gasteiger partial charge is 0.357 e. The zero-order valence-corrected chi connectivity index (χ0v) is 11.8. The van der Waals surface area contributed by atoms with Crippen molar-refractivity contribution in [3.05, 3.63) is 30.2 Å². The van der Waals surface area contributed by atoms with Gasteiger partial charge in [0, 0.05) is 6.07 Å². The van der Waals surface area contributed by atoms with Crippen LogP contribution in [0.3, 0.4) is 0 Å². The van der Waals surface area contributed by atoms with Crippen LogP contribution in [-0.2, 0) is 0 Å². The highest BCUT2D eigenvalue weighted by Gasteiger charge is 2.13. The number of ether oxygens (including phenoxy) is 2. The Morgan fingerprint density at radius 1 is 1.33 bits per heavy atom. The summed E-state index contributed by atoms with van der Waals surface area (Å²) < 4.78 is 16.0. The molecule has 0 radical (unpaired) electrons. The van der Waals surface area contributed by atoms with Crippen molar-refractivity contribution in [3.8, 4) is 11.5 Å². The van der Waals surface area contributed by atoms with E-state index in [2.05, 4.69) is 10.3 Å². The second-order valence-electron chi connectivity index (χ2n) is 3.99. The molecule has 21 heavy (non-hydrogen) atoms. The number of aromatic carboxylic acids is 1. The molecule has 1 heterocycles. The molecular formula is C14H16N2O5. The van der Waals surface area contributed by atoms with Crippen LogP contribution in [0.1, 0.15) is 24.3 Å². The van der Waals surface area contributed by atoms with Gasteiger partial charge in [0.25, 0.3) is 6.01 Å². The highest BCUT2D eigenvalue weighted by atomic mass is 16.5. The summed E-state index contributed by atoms with van der Waals surface area (Å²) in [6.07, 6.45) is 1.07. The number of nitrogens with zero attached hydrogens (tertiary/aromatic N) is 1. The zero-order valence-electron chi connectivity index (χ0n) is 11.8. The summed E-state index contributed by atoms with van der Waals surface area (Å²) in [4.78, 5) is 14.6. The van der Waals surface area contributed by atoms with Crippen LogP contribution in [0, 0.1) is 0 Å². The number of hydrogen-bond acceptors (Lipinski definition) is 6. The van der Waals surface area contributed by atoms with Crippen molar-refractivity contribution in [2.24, 2.45) is 0 Å². The first kappa shape index (κ1) is 14.7. The van der Waals surface area contributed by atoms with Gasteiger partial charge in [-0.15, -0.1) is 0 Å². The highest BCUT2D eigenvalue weighted by molar-refractivity contribution is 5.85. The predicted octanol–water partition coefficient (Wildman–Crippen LogP) is 2.91. The number of oxazole rings is 1. The Balaban J connectivity index is 2.26. The summed E-state index contributed by atoms with van der Waals surface area (Å²) in [6.45, 7) is 4.79. The lowest BCUT2D eigenvalue weighted by Gasteiger charge is -2.12. The fourth-order valence-corrected chi connectivity index (χ4v) is 1.69. The van der Waals surface area contributed by atoms with E-state index in [1.54, 1.807) is 18.2 Å². The van der Waals surface area contributed by atoms with Gasteiger partial charge < -0.3 is 24.3 Å². The fraction of sp³-hybridized carbons (Fsp3) is 0.286. The fourth-order valence-electron chi connectivity index (χ4n) is 1.69. The van der Waals surface area contributed by atoms with Crippen molar-refractivity contribution in [2.75, 3.05) is 18.5 Å². The van der Waals surface area contributed by atoms with Crippen LogP contribution >= 0.6 is 0 Å². The summed E-state index contributed by atoms with van der Waals surface area (Å²) in [7, 11) is 0. The van der Waals surface area contributed by atoms with Crippen LogP contribution in [0.25, 0.3) is 0 Å². The molecule has 2 N–H and O–H groups in total. The molecular weight excluding hydrogens is 276 g/mol. The van der Waals surface area contributed by atoms with E-state index in [0.717, 1.165) is 6.26 Å². The van der Waals surface area contributed by atoms with Gasteiger partial charge >= 0.3 is 5.97 Å². The Morgan fingerprint density at radius 3 is 2.71 bits per heavy atom. The number of aromatic nitrogens is 1. The molecule has 0 aliphatic heterocycles. The van der Waals surface area contributed by atoms with E-state index in [9.17, 15) is 4.79 Å². The summed E-state index contributed by atoms with van der Waals surface area (Å²) in [5, 5.41) is 11.7. The number of carboxylic acids is 1. The van der Waals surface area contributed by atoms with Crippen molar-refractivity contribution in [1.82, 2.24) is 4.98 Å². The molecule has 112 valence electrons. The van der Waals surface area contributed by atoms with E-state index in [4.69, 9.17) is 19.0 Å². The molecule has 0 amide bonds. The third kappa shape index (κ3) is 3.65. The number of carboxylic acid groups (broad SMARTS) is 1. The summed E-state index contributed by atoms with van der Waals surface area (Å²) in [6, 6.07) is 5.36. The van der Waals surface area contributed by atoms with Crippen molar-refractivity contribution in [3.63, 3.8) is 0 Å². The molecule has 7 heteroatoms. The maximum atomic E-state index is 10.8. The summed E-state index contributed by atoms with van der Waals surface area (Å²) >= 11 is 0. The molecule has 0 unspecified atom stereocenters. The highest BCUT2D eigenvalue weighted by Crippen LogP contribution is 2.31. The number of benzene rings is 1. The first-order valence-corrected chi connectivity index (χ1v) is 6.49. The topological polar surface area (TPSA) is 93.8 Å². The number of carbonyl (C=O) groups is 1. The van der Waals surface area contributed by atoms with Gasteiger partial charge in [0.2, 0.25) is 0 Å². The Kier molecular flexibility index (Phi) is 4.65. The molecule has 0 saturated carbocycles. The normalized spacial score (nSPS) is 10.2. The Hall–Kier alpha value is -2.70. The lowest BCUT2D eigenvalue weighted by Crippen LogP contribution is -2.01. The number of rotatable bonds is 7. The van der Waals surface area contributed by atoms with Crippen LogP contribution in [-0.4, -0.2) is 29.3 Å². The van der Waals surface area contributed by atoms with Crippen LogP contribution in [0.15, 0.2) is 28.9 Å². The standard InChI is InChI=1S/C14H16N2O5/c1-3-19-9-5-6-12(20-4-2)10(7-9)15-14-16-11(8-21-14)13(17)18/h5-8H,3-4H2,1-2H3,(H,15,16)(H,17,18). The molecule has 0 fully saturated rings. The first-order chi connectivity index (χ1) is 10.1. The molecule has 0 saturated heterocycles. The minimum absolute atomic E-state index is 0.0713. The molecule has 0 aliphatic carbocycles. The maximum Gasteiger partial charge on any atom is 0.357 e. The van der Waals surface area contributed by atoms with Gasteiger partial charge in [-0.05, 0) is 26.0 Å². The van der Waals surface area contributed by atoms with E-state index in [0.29, 0.717) is 30.4 Å². The van der Waals surface area contributed by atoms with E-state index in [1.807, 2.05) is 13.8 Å². The number of nitrogens with one attached hydrogen (secondary N) is 1. The molecule has 0 bridgehead atoms. The molecule has 2 rings (SSSR count). The molecule has 0 atom stereocenters. The summed E-state index contributed by atoms with van der Waals surface area (Å²) in [5.41, 5.74) is 0.415. The minimum Gasteiger partial charge on any atom is -0.494 e. The molecule has 7 nitrogen and oxygen atoms in total. The Morgan fingerprint density at radius 2 is 2.10 bits per heavy atom. The van der Waals surface area contributed by atoms with Crippen LogP contribution in [0.5, 0.6) is 11.5 Å². The third-order valence-electron chi connectivity index (χ3n) is 2.53. The number of hydrogen-bond donors (Lipinski definition) is 2. The lowest BCUT2D eigenvalue weighted by molar-refractivity contribution is 0.0690. The van der Waals surface area contributed by atoms with Crippen LogP contribution in [0.2, 0.25) is 0 Å². The van der Waals surface area contributed by atoms with Gasteiger partial charge in [-0.2, -0.15) is 4.98 Å². The van der Waals surface area contributed by atoms with Gasteiger partial charge in [-0.25, -0.2) is 4.79 Å². The second-order valence-corrected chi connectivity index (χ2v) is 3.99. The quantitative estimate of drug-likeness (QED) is 0.810. The SMILES string of the molecule is CCOc1ccc(OCC)c(Nc2nc(C(=O)O)co2)c1. The van der Waals surface area contributed by atoms with Gasteiger partial charge in [0.15, 0.2) is 5.69 Å². The lowest BCUT2D eigenvalue weighted by atomic mass is 10.2. The third-order valence-corrected chi connectivity index (χ3v) is 2.53. The first-order valence-electron chi connectivity index (χ1n) is 6.49. The van der Waals surface area contributed by atoms with Crippen molar-refractivity contribution < 1.29 is 23.8 Å². The number of anilines is 2. The molecule has 0 spiro atoms. The van der Waals surface area contributed by atoms with Crippen LogP contribution in [0.4, 0.5) is 11.7 Å². The van der Waals surface area contributed by atoms with E-state index >= 15 is 0 Å². The van der Waals surface area contributed by atoms with E-state index in [1.165, 1.54) is 0 Å². The zero-order chi connectivity index (χ0) is 15.2. The minimum atomic E-state index is -1.15. The van der Waals surface area contributed by atoms with E-state index < -0.39 is 5.97 Å². The van der Waals surface area contributed by atoms with Crippen molar-refractivity contribution in [2.45, 2.75) is 13.8 Å². The molecule has 1 aromatic carbocycles. The van der Waals surface area contributed by atoms with Gasteiger partial charge in [-0.1, -0.05) is 0 Å². The summed E-state index contributed by atoms with van der Waals surface area (Å²) in [5.74, 6) is 0.101. The largest absolute Gasteiger partial charge is 0.494 e. The average Bonchev–Trinajstić information content (AvgIpc) is 2.91. The average molecular weight is 292 g/mol. The second kappa shape index (κ2) is 6.65.